The zero-order chi connectivity index (χ0) is 13.1. The third-order valence-electron chi connectivity index (χ3n) is 2.60. The molecule has 0 saturated heterocycles. The predicted molar refractivity (Wildman–Crippen MR) is 72.6 cm³/mol. The molecular weight excluding hydrogens is 269 g/mol. The molecule has 0 radical (unpaired) electrons. The highest BCUT2D eigenvalue weighted by Gasteiger charge is 2.10. The van der Waals surface area contributed by atoms with E-state index in [-0.39, 0.29) is 11.9 Å². The summed E-state index contributed by atoms with van der Waals surface area (Å²) in [7, 11) is 1.86. The SMILES string of the molecule is CNC(C)c1ccc(Sc2nc(C)ns2)c(F)c1. The first kappa shape index (κ1) is 13.5. The average molecular weight is 283 g/mol. The molecule has 1 unspecified atom stereocenters. The summed E-state index contributed by atoms with van der Waals surface area (Å²) in [6.07, 6.45) is 0. The van der Waals surface area contributed by atoms with Crippen LogP contribution < -0.4 is 5.32 Å². The van der Waals surface area contributed by atoms with E-state index in [1.165, 1.54) is 23.3 Å². The van der Waals surface area contributed by atoms with E-state index in [0.717, 1.165) is 15.7 Å². The van der Waals surface area contributed by atoms with Crippen molar-refractivity contribution in [3.8, 4) is 0 Å². The lowest BCUT2D eigenvalue weighted by Crippen LogP contribution is -2.12. The fourth-order valence-corrected chi connectivity index (χ4v) is 3.06. The number of nitrogens with zero attached hydrogens (tertiary/aromatic N) is 2. The van der Waals surface area contributed by atoms with Crippen LogP contribution in [0.3, 0.4) is 0 Å². The zero-order valence-corrected chi connectivity index (χ0v) is 12.0. The Kier molecular flexibility index (Phi) is 4.31. The first-order valence-electron chi connectivity index (χ1n) is 5.55. The number of hydrogen-bond acceptors (Lipinski definition) is 5. The van der Waals surface area contributed by atoms with Gasteiger partial charge < -0.3 is 5.32 Å². The van der Waals surface area contributed by atoms with E-state index in [1.54, 1.807) is 12.1 Å². The minimum Gasteiger partial charge on any atom is -0.313 e. The smallest absolute Gasteiger partial charge is 0.174 e. The van der Waals surface area contributed by atoms with Gasteiger partial charge in [0.15, 0.2) is 4.34 Å². The van der Waals surface area contributed by atoms with Crippen molar-refractivity contribution in [3.05, 3.63) is 35.4 Å². The van der Waals surface area contributed by atoms with Crippen molar-refractivity contribution in [3.63, 3.8) is 0 Å². The van der Waals surface area contributed by atoms with Crippen molar-refractivity contribution >= 4 is 23.3 Å². The third kappa shape index (κ3) is 3.07. The molecule has 0 aliphatic rings. The molecule has 1 atom stereocenters. The molecule has 3 nitrogen and oxygen atoms in total. The molecule has 0 aliphatic heterocycles. The standard InChI is InChI=1S/C12H14FN3S2/c1-7(14-3)9-4-5-11(10(13)6-9)17-12-15-8(2)16-18-12/h4-7,14H,1-3H3. The molecular formula is C12H14FN3S2. The van der Waals surface area contributed by atoms with Crippen LogP contribution in [0.15, 0.2) is 27.4 Å². The van der Waals surface area contributed by atoms with Crippen molar-refractivity contribution in [2.75, 3.05) is 7.05 Å². The van der Waals surface area contributed by atoms with Gasteiger partial charge in [-0.3, -0.25) is 0 Å². The predicted octanol–water partition coefficient (Wildman–Crippen LogP) is 3.42. The summed E-state index contributed by atoms with van der Waals surface area (Å²) in [5, 5.41) is 3.09. The van der Waals surface area contributed by atoms with Gasteiger partial charge in [-0.25, -0.2) is 9.37 Å². The second-order valence-corrected chi connectivity index (χ2v) is 5.95. The minimum absolute atomic E-state index is 0.141. The summed E-state index contributed by atoms with van der Waals surface area (Å²) in [4.78, 5) is 4.79. The summed E-state index contributed by atoms with van der Waals surface area (Å²) >= 11 is 2.60. The van der Waals surface area contributed by atoms with Crippen LogP contribution in [0.1, 0.15) is 24.4 Å². The molecule has 0 bridgehead atoms. The van der Waals surface area contributed by atoms with Gasteiger partial charge in [0.1, 0.15) is 11.6 Å². The quantitative estimate of drug-likeness (QED) is 0.933. The van der Waals surface area contributed by atoms with Crippen LogP contribution in [-0.2, 0) is 0 Å². The lowest BCUT2D eigenvalue weighted by molar-refractivity contribution is 0.587. The number of aromatic nitrogens is 2. The molecule has 1 N–H and O–H groups in total. The summed E-state index contributed by atoms with van der Waals surface area (Å²) in [5.41, 5.74) is 0.938. The summed E-state index contributed by atoms with van der Waals surface area (Å²) in [6, 6.07) is 5.43. The monoisotopic (exact) mass is 283 g/mol. The van der Waals surface area contributed by atoms with E-state index in [1.807, 2.05) is 27.0 Å². The molecule has 1 aromatic heterocycles. The Morgan fingerprint density at radius 3 is 2.78 bits per heavy atom. The number of halogens is 1. The van der Waals surface area contributed by atoms with E-state index in [2.05, 4.69) is 14.7 Å². The van der Waals surface area contributed by atoms with Crippen LogP contribution in [0, 0.1) is 12.7 Å². The van der Waals surface area contributed by atoms with Gasteiger partial charge in [-0.05, 0) is 50.1 Å². The van der Waals surface area contributed by atoms with Crippen LogP contribution in [0.4, 0.5) is 4.39 Å². The minimum atomic E-state index is -0.215. The molecule has 1 aromatic carbocycles. The van der Waals surface area contributed by atoms with E-state index in [0.29, 0.717) is 4.90 Å². The Morgan fingerprint density at radius 1 is 1.44 bits per heavy atom. The van der Waals surface area contributed by atoms with Crippen molar-refractivity contribution < 1.29 is 4.39 Å². The average Bonchev–Trinajstić information content (AvgIpc) is 2.76. The van der Waals surface area contributed by atoms with Gasteiger partial charge in [0.25, 0.3) is 0 Å². The normalized spacial score (nSPS) is 12.7. The number of hydrogen-bond donors (Lipinski definition) is 1. The van der Waals surface area contributed by atoms with E-state index in [9.17, 15) is 4.39 Å². The van der Waals surface area contributed by atoms with Crippen molar-refractivity contribution in [2.24, 2.45) is 0 Å². The third-order valence-corrected chi connectivity index (χ3v) is 4.49. The van der Waals surface area contributed by atoms with Crippen LogP contribution in [0.5, 0.6) is 0 Å². The summed E-state index contributed by atoms with van der Waals surface area (Å²) < 4.78 is 18.8. The number of benzene rings is 1. The maximum atomic E-state index is 13.9. The van der Waals surface area contributed by atoms with Gasteiger partial charge in [-0.15, -0.1) is 0 Å². The van der Waals surface area contributed by atoms with Crippen molar-refractivity contribution in [1.29, 1.82) is 0 Å². The van der Waals surface area contributed by atoms with Crippen LogP contribution in [0.25, 0.3) is 0 Å². The first-order chi connectivity index (χ1) is 8.60. The lowest BCUT2D eigenvalue weighted by atomic mass is 10.1. The maximum Gasteiger partial charge on any atom is 0.174 e. The number of aryl methyl sites for hydroxylation is 1. The molecule has 0 aliphatic carbocycles. The maximum absolute atomic E-state index is 13.9. The Labute approximate surface area is 114 Å². The van der Waals surface area contributed by atoms with Gasteiger partial charge in [0.2, 0.25) is 0 Å². The highest BCUT2D eigenvalue weighted by Crippen LogP contribution is 2.32. The highest BCUT2D eigenvalue weighted by molar-refractivity contribution is 8.01. The van der Waals surface area contributed by atoms with E-state index >= 15 is 0 Å². The van der Waals surface area contributed by atoms with E-state index in [4.69, 9.17) is 0 Å². The fraction of sp³-hybridized carbons (Fsp3) is 0.333. The lowest BCUT2D eigenvalue weighted by Gasteiger charge is -2.11. The molecule has 0 fully saturated rings. The van der Waals surface area contributed by atoms with Gasteiger partial charge >= 0.3 is 0 Å². The number of rotatable bonds is 4. The Hall–Kier alpha value is -0.980. The van der Waals surface area contributed by atoms with Crippen LogP contribution in [0.2, 0.25) is 0 Å². The van der Waals surface area contributed by atoms with E-state index < -0.39 is 0 Å². The molecule has 18 heavy (non-hydrogen) atoms. The van der Waals surface area contributed by atoms with Gasteiger partial charge in [-0.1, -0.05) is 17.8 Å². The molecule has 0 spiro atoms. The topological polar surface area (TPSA) is 37.8 Å². The van der Waals surface area contributed by atoms with Crippen LogP contribution >= 0.6 is 23.3 Å². The first-order valence-corrected chi connectivity index (χ1v) is 7.14. The molecule has 96 valence electrons. The van der Waals surface area contributed by atoms with Gasteiger partial charge in [0.05, 0.1) is 4.90 Å². The molecule has 0 saturated carbocycles. The Bertz CT molecular complexity index is 542. The summed E-state index contributed by atoms with van der Waals surface area (Å²) in [6.45, 7) is 3.82. The highest BCUT2D eigenvalue weighted by atomic mass is 32.2. The largest absolute Gasteiger partial charge is 0.313 e. The summed E-state index contributed by atoms with van der Waals surface area (Å²) in [5.74, 6) is 0.510. The second kappa shape index (κ2) is 5.77. The molecule has 0 amide bonds. The second-order valence-electron chi connectivity index (χ2n) is 3.91. The number of nitrogens with one attached hydrogen (secondary N) is 1. The Balaban J connectivity index is 2.19. The molecule has 1 heterocycles. The molecule has 6 heteroatoms. The molecule has 2 aromatic rings. The Morgan fingerprint density at radius 2 is 2.22 bits per heavy atom. The van der Waals surface area contributed by atoms with Gasteiger partial charge in [-0.2, -0.15) is 4.37 Å². The van der Waals surface area contributed by atoms with Crippen molar-refractivity contribution in [1.82, 2.24) is 14.7 Å². The van der Waals surface area contributed by atoms with Gasteiger partial charge in [0, 0.05) is 6.04 Å². The van der Waals surface area contributed by atoms with Crippen molar-refractivity contribution in [2.45, 2.75) is 29.1 Å². The fourth-order valence-electron chi connectivity index (χ4n) is 1.45. The molecule has 2 rings (SSSR count). The zero-order valence-electron chi connectivity index (χ0n) is 10.4. The van der Waals surface area contributed by atoms with Crippen LogP contribution in [-0.4, -0.2) is 16.4 Å².